The molecule has 20 heavy (non-hydrogen) atoms. The number of rotatable bonds is 4. The maximum atomic E-state index is 10.9. The van der Waals surface area contributed by atoms with Gasteiger partial charge in [0.1, 0.15) is 12.4 Å². The van der Waals surface area contributed by atoms with Gasteiger partial charge in [0.15, 0.2) is 0 Å². The lowest BCUT2D eigenvalue weighted by Gasteiger charge is -2.10. The van der Waals surface area contributed by atoms with E-state index in [-0.39, 0.29) is 12.2 Å². The summed E-state index contributed by atoms with van der Waals surface area (Å²) < 4.78 is 5.61. The summed E-state index contributed by atoms with van der Waals surface area (Å²) in [6, 6.07) is 9.98. The molecule has 1 N–H and O–H groups in total. The summed E-state index contributed by atoms with van der Waals surface area (Å²) in [6.45, 7) is 1.99. The summed E-state index contributed by atoms with van der Waals surface area (Å²) in [4.78, 5) is 10.9. The lowest BCUT2D eigenvalue weighted by Crippen LogP contribution is -2.01. The zero-order chi connectivity index (χ0) is 14.7. The van der Waals surface area contributed by atoms with Gasteiger partial charge in [0.25, 0.3) is 0 Å². The topological polar surface area (TPSA) is 46.5 Å². The molecule has 0 atom stereocenters. The number of ether oxygens (including phenoxy) is 1. The highest BCUT2D eigenvalue weighted by molar-refractivity contribution is 6.33. The van der Waals surface area contributed by atoms with Crippen LogP contribution in [0.1, 0.15) is 21.5 Å². The molecule has 0 aliphatic carbocycles. The Bertz CT molecular complexity index is 654. The number of carbonyl (C=O) groups is 1. The van der Waals surface area contributed by atoms with E-state index >= 15 is 0 Å². The molecule has 0 saturated carbocycles. The molecule has 0 aliphatic rings. The second-order valence-electron chi connectivity index (χ2n) is 4.31. The number of aryl methyl sites for hydroxylation is 1. The minimum absolute atomic E-state index is 0.262. The van der Waals surface area contributed by atoms with Gasteiger partial charge in [-0.15, -0.1) is 0 Å². The van der Waals surface area contributed by atoms with Gasteiger partial charge in [-0.3, -0.25) is 0 Å². The first-order valence-electron chi connectivity index (χ1n) is 5.88. The number of carboxylic acids is 1. The minimum Gasteiger partial charge on any atom is -0.489 e. The minimum atomic E-state index is -0.952. The molecule has 0 bridgehead atoms. The summed E-state index contributed by atoms with van der Waals surface area (Å²) in [5, 5.41) is 10.1. The Balaban J connectivity index is 2.13. The number of benzene rings is 2. The van der Waals surface area contributed by atoms with Gasteiger partial charge >= 0.3 is 5.97 Å². The van der Waals surface area contributed by atoms with Crippen LogP contribution in [0.4, 0.5) is 0 Å². The first kappa shape index (κ1) is 14.7. The molecule has 3 nitrogen and oxygen atoms in total. The largest absolute Gasteiger partial charge is 0.489 e. The summed E-state index contributed by atoms with van der Waals surface area (Å²) in [5.74, 6) is -0.365. The van der Waals surface area contributed by atoms with Gasteiger partial charge in [0, 0.05) is 15.6 Å². The average molecular weight is 311 g/mol. The molecule has 0 fully saturated rings. The Morgan fingerprint density at radius 2 is 1.95 bits per heavy atom. The number of hydrogen-bond donors (Lipinski definition) is 1. The Morgan fingerprint density at radius 1 is 1.20 bits per heavy atom. The van der Waals surface area contributed by atoms with E-state index in [9.17, 15) is 4.79 Å². The third-order valence-corrected chi connectivity index (χ3v) is 3.43. The highest BCUT2D eigenvalue weighted by Crippen LogP contribution is 2.23. The van der Waals surface area contributed by atoms with Crippen LogP contribution in [0, 0.1) is 6.92 Å². The van der Waals surface area contributed by atoms with E-state index in [0.29, 0.717) is 21.4 Å². The predicted molar refractivity (Wildman–Crippen MR) is 78.9 cm³/mol. The van der Waals surface area contributed by atoms with E-state index in [2.05, 4.69) is 0 Å². The van der Waals surface area contributed by atoms with Crippen LogP contribution in [0.15, 0.2) is 36.4 Å². The molecular formula is C15H12Cl2O3. The Hall–Kier alpha value is -1.71. The lowest BCUT2D eigenvalue weighted by atomic mass is 10.1. The Kier molecular flexibility index (Phi) is 4.53. The number of aromatic carboxylic acids is 1. The highest BCUT2D eigenvalue weighted by atomic mass is 35.5. The molecule has 104 valence electrons. The molecule has 0 aromatic heterocycles. The van der Waals surface area contributed by atoms with Gasteiger partial charge in [-0.1, -0.05) is 23.2 Å². The van der Waals surface area contributed by atoms with E-state index in [4.69, 9.17) is 33.0 Å². The molecule has 0 unspecified atom stereocenters. The van der Waals surface area contributed by atoms with Crippen molar-refractivity contribution in [3.63, 3.8) is 0 Å². The van der Waals surface area contributed by atoms with Crippen LogP contribution in [0.25, 0.3) is 0 Å². The molecule has 2 aromatic carbocycles. The number of hydrogen-bond acceptors (Lipinski definition) is 2. The summed E-state index contributed by atoms with van der Waals surface area (Å²) in [7, 11) is 0. The van der Waals surface area contributed by atoms with Crippen molar-refractivity contribution >= 4 is 29.2 Å². The van der Waals surface area contributed by atoms with Crippen LogP contribution in [0.2, 0.25) is 10.0 Å². The van der Waals surface area contributed by atoms with Crippen molar-refractivity contribution in [1.82, 2.24) is 0 Å². The van der Waals surface area contributed by atoms with Gasteiger partial charge in [-0.25, -0.2) is 4.79 Å². The van der Waals surface area contributed by atoms with Gasteiger partial charge < -0.3 is 9.84 Å². The lowest BCUT2D eigenvalue weighted by molar-refractivity contribution is 0.0696. The van der Waals surface area contributed by atoms with E-state index in [0.717, 1.165) is 5.56 Å². The SMILES string of the molecule is Cc1cc(OCc2cc(Cl)ccc2Cl)ccc1C(=O)O. The zero-order valence-corrected chi connectivity index (χ0v) is 12.2. The van der Waals surface area contributed by atoms with Crippen molar-refractivity contribution in [3.8, 4) is 5.75 Å². The molecule has 0 amide bonds. The fraction of sp³-hybridized carbons (Fsp3) is 0.133. The number of halogens is 2. The van der Waals surface area contributed by atoms with Gasteiger partial charge in [0.05, 0.1) is 5.56 Å². The van der Waals surface area contributed by atoms with Crippen LogP contribution in [-0.4, -0.2) is 11.1 Å². The van der Waals surface area contributed by atoms with Crippen molar-refractivity contribution in [2.24, 2.45) is 0 Å². The Morgan fingerprint density at radius 3 is 2.60 bits per heavy atom. The maximum Gasteiger partial charge on any atom is 0.335 e. The average Bonchev–Trinajstić information content (AvgIpc) is 2.39. The molecule has 0 spiro atoms. The van der Waals surface area contributed by atoms with E-state index < -0.39 is 5.97 Å². The van der Waals surface area contributed by atoms with Crippen LogP contribution in [0.5, 0.6) is 5.75 Å². The molecule has 2 rings (SSSR count). The Labute approximate surface area is 126 Å². The third-order valence-electron chi connectivity index (χ3n) is 2.83. The standard InChI is InChI=1S/C15H12Cl2O3/c1-9-6-12(3-4-13(9)15(18)19)20-8-10-7-11(16)2-5-14(10)17/h2-7H,8H2,1H3,(H,18,19). The van der Waals surface area contributed by atoms with Gasteiger partial charge in [0.2, 0.25) is 0 Å². The molecule has 0 aliphatic heterocycles. The molecule has 2 aromatic rings. The molecule has 0 heterocycles. The van der Waals surface area contributed by atoms with Crippen LogP contribution < -0.4 is 4.74 Å². The summed E-state index contributed by atoms with van der Waals surface area (Å²) >= 11 is 11.9. The van der Waals surface area contributed by atoms with Crippen molar-refractivity contribution in [2.75, 3.05) is 0 Å². The second-order valence-corrected chi connectivity index (χ2v) is 5.15. The quantitative estimate of drug-likeness (QED) is 0.899. The van der Waals surface area contributed by atoms with E-state index in [1.807, 2.05) is 0 Å². The fourth-order valence-electron chi connectivity index (χ4n) is 1.78. The maximum absolute atomic E-state index is 10.9. The third kappa shape index (κ3) is 3.44. The highest BCUT2D eigenvalue weighted by Gasteiger charge is 2.08. The monoisotopic (exact) mass is 310 g/mol. The molecule has 0 saturated heterocycles. The fourth-order valence-corrected chi connectivity index (χ4v) is 2.15. The summed E-state index contributed by atoms with van der Waals surface area (Å²) in [5.41, 5.74) is 1.68. The van der Waals surface area contributed by atoms with Gasteiger partial charge in [-0.2, -0.15) is 0 Å². The first-order chi connectivity index (χ1) is 9.47. The molecule has 0 radical (unpaired) electrons. The van der Waals surface area contributed by atoms with Crippen molar-refractivity contribution < 1.29 is 14.6 Å². The summed E-state index contributed by atoms with van der Waals surface area (Å²) in [6.07, 6.45) is 0. The second kappa shape index (κ2) is 6.16. The van der Waals surface area contributed by atoms with E-state index in [1.165, 1.54) is 6.07 Å². The molecular weight excluding hydrogens is 299 g/mol. The smallest absolute Gasteiger partial charge is 0.335 e. The first-order valence-corrected chi connectivity index (χ1v) is 6.63. The normalized spacial score (nSPS) is 10.3. The van der Waals surface area contributed by atoms with Gasteiger partial charge in [-0.05, 0) is 48.9 Å². The van der Waals surface area contributed by atoms with Crippen LogP contribution in [0.3, 0.4) is 0 Å². The van der Waals surface area contributed by atoms with Crippen molar-refractivity contribution in [2.45, 2.75) is 13.5 Å². The predicted octanol–water partition coefficient (Wildman–Crippen LogP) is 4.58. The molecule has 5 heteroatoms. The zero-order valence-electron chi connectivity index (χ0n) is 10.7. The number of carboxylic acid groups (broad SMARTS) is 1. The van der Waals surface area contributed by atoms with E-state index in [1.54, 1.807) is 37.3 Å². The van der Waals surface area contributed by atoms with Crippen LogP contribution >= 0.6 is 23.2 Å². The van der Waals surface area contributed by atoms with Crippen LogP contribution in [-0.2, 0) is 6.61 Å². The van der Waals surface area contributed by atoms with Crippen molar-refractivity contribution in [1.29, 1.82) is 0 Å². The van der Waals surface area contributed by atoms with Crippen molar-refractivity contribution in [3.05, 3.63) is 63.1 Å².